The SMILES string of the molecule is CCOC(=O)CN(C(=O)C(=O)c1ccccc1)C(F)(F)F. The van der Waals surface area contributed by atoms with E-state index in [0.29, 0.717) is 0 Å². The van der Waals surface area contributed by atoms with Gasteiger partial charge in [0.25, 0.3) is 5.78 Å². The molecular weight excluding hydrogens is 291 g/mol. The topological polar surface area (TPSA) is 63.7 Å². The zero-order valence-electron chi connectivity index (χ0n) is 11.0. The number of hydrogen-bond acceptors (Lipinski definition) is 4. The Balaban J connectivity index is 2.96. The maximum Gasteiger partial charge on any atom is 0.488 e. The highest BCUT2D eigenvalue weighted by Gasteiger charge is 2.44. The quantitative estimate of drug-likeness (QED) is 0.360. The van der Waals surface area contributed by atoms with E-state index >= 15 is 0 Å². The van der Waals surface area contributed by atoms with Crippen molar-refractivity contribution in [2.24, 2.45) is 0 Å². The van der Waals surface area contributed by atoms with Gasteiger partial charge in [0.2, 0.25) is 0 Å². The Morgan fingerprint density at radius 2 is 1.71 bits per heavy atom. The number of rotatable bonds is 5. The molecule has 21 heavy (non-hydrogen) atoms. The standard InChI is InChI=1S/C13H12F3NO4/c1-2-21-10(18)8-17(13(14,15)16)12(20)11(19)9-6-4-3-5-7-9/h3-7H,2,8H2,1H3. The third kappa shape index (κ3) is 4.59. The van der Waals surface area contributed by atoms with Crippen LogP contribution < -0.4 is 0 Å². The van der Waals surface area contributed by atoms with Crippen LogP contribution >= 0.6 is 0 Å². The monoisotopic (exact) mass is 303 g/mol. The summed E-state index contributed by atoms with van der Waals surface area (Å²) in [5.41, 5.74) is -0.194. The zero-order valence-corrected chi connectivity index (χ0v) is 11.0. The summed E-state index contributed by atoms with van der Waals surface area (Å²) in [6.45, 7) is -0.0904. The number of esters is 1. The molecule has 0 bridgehead atoms. The molecule has 0 aromatic heterocycles. The van der Waals surface area contributed by atoms with E-state index in [1.165, 1.54) is 31.2 Å². The molecule has 0 radical (unpaired) electrons. The predicted molar refractivity (Wildman–Crippen MR) is 65.2 cm³/mol. The van der Waals surface area contributed by atoms with Crippen molar-refractivity contribution in [3.63, 3.8) is 0 Å². The van der Waals surface area contributed by atoms with Gasteiger partial charge in [0, 0.05) is 5.56 Å². The van der Waals surface area contributed by atoms with Gasteiger partial charge in [-0.1, -0.05) is 30.3 Å². The van der Waals surface area contributed by atoms with E-state index in [4.69, 9.17) is 0 Å². The van der Waals surface area contributed by atoms with Crippen molar-refractivity contribution in [2.75, 3.05) is 13.2 Å². The van der Waals surface area contributed by atoms with E-state index in [-0.39, 0.29) is 12.2 Å². The second-order valence-electron chi connectivity index (χ2n) is 3.86. The van der Waals surface area contributed by atoms with E-state index < -0.39 is 35.4 Å². The molecule has 1 amide bonds. The van der Waals surface area contributed by atoms with Crippen molar-refractivity contribution in [1.82, 2.24) is 4.90 Å². The van der Waals surface area contributed by atoms with Gasteiger partial charge in [0.15, 0.2) is 0 Å². The number of amides is 1. The van der Waals surface area contributed by atoms with Gasteiger partial charge in [-0.25, -0.2) is 4.90 Å². The number of hydrogen-bond donors (Lipinski definition) is 0. The molecule has 114 valence electrons. The van der Waals surface area contributed by atoms with Crippen LogP contribution in [0.25, 0.3) is 0 Å². The van der Waals surface area contributed by atoms with Crippen LogP contribution in [0.3, 0.4) is 0 Å². The van der Waals surface area contributed by atoms with Crippen molar-refractivity contribution in [3.8, 4) is 0 Å². The Kier molecular flexibility index (Phi) is 5.45. The summed E-state index contributed by atoms with van der Waals surface area (Å²) in [5.74, 6) is -4.43. The lowest BCUT2D eigenvalue weighted by molar-refractivity contribution is -0.239. The molecule has 1 aromatic carbocycles. The van der Waals surface area contributed by atoms with Gasteiger partial charge in [0.1, 0.15) is 6.54 Å². The van der Waals surface area contributed by atoms with E-state index in [1.807, 2.05) is 0 Å². The van der Waals surface area contributed by atoms with Gasteiger partial charge in [-0.2, -0.15) is 0 Å². The number of halogens is 3. The maximum absolute atomic E-state index is 12.8. The molecule has 0 N–H and O–H groups in total. The minimum atomic E-state index is -5.16. The van der Waals surface area contributed by atoms with Crippen molar-refractivity contribution in [3.05, 3.63) is 35.9 Å². The fourth-order valence-electron chi connectivity index (χ4n) is 1.45. The number of ether oxygens (including phenoxy) is 1. The fourth-order valence-corrected chi connectivity index (χ4v) is 1.45. The summed E-state index contributed by atoms with van der Waals surface area (Å²) >= 11 is 0. The summed E-state index contributed by atoms with van der Waals surface area (Å²) in [6, 6.07) is 6.77. The Labute approximate surface area is 118 Å². The normalized spacial score (nSPS) is 10.9. The zero-order chi connectivity index (χ0) is 16.0. The average molecular weight is 303 g/mol. The molecule has 1 rings (SSSR count). The first-order valence-electron chi connectivity index (χ1n) is 5.91. The van der Waals surface area contributed by atoms with Crippen molar-refractivity contribution < 1.29 is 32.3 Å². The van der Waals surface area contributed by atoms with Gasteiger partial charge in [-0.3, -0.25) is 14.4 Å². The molecule has 0 aliphatic carbocycles. The number of Topliss-reactive ketones (excluding diaryl/α,β-unsaturated/α-hetero) is 1. The van der Waals surface area contributed by atoms with Crippen LogP contribution in [0.2, 0.25) is 0 Å². The molecule has 0 heterocycles. The molecule has 0 saturated carbocycles. The van der Waals surface area contributed by atoms with Gasteiger partial charge in [-0.05, 0) is 6.92 Å². The number of carbonyl (C=O) groups is 3. The lowest BCUT2D eigenvalue weighted by Gasteiger charge is -2.23. The highest BCUT2D eigenvalue weighted by Crippen LogP contribution is 2.22. The van der Waals surface area contributed by atoms with Gasteiger partial charge in [-0.15, -0.1) is 13.2 Å². The molecule has 1 aromatic rings. The van der Waals surface area contributed by atoms with Gasteiger partial charge < -0.3 is 4.74 Å². The molecular formula is C13H12F3NO4. The third-order valence-corrected chi connectivity index (χ3v) is 2.37. The van der Waals surface area contributed by atoms with Gasteiger partial charge >= 0.3 is 18.2 Å². The summed E-state index contributed by atoms with van der Waals surface area (Å²) in [4.78, 5) is 33.8. The minimum absolute atomic E-state index is 0.134. The molecule has 5 nitrogen and oxygen atoms in total. The summed E-state index contributed by atoms with van der Waals surface area (Å²) < 4.78 is 42.7. The largest absolute Gasteiger partial charge is 0.488 e. The number of alkyl halides is 3. The Bertz CT molecular complexity index is 528. The summed E-state index contributed by atoms with van der Waals surface area (Å²) in [5, 5.41) is 0. The van der Waals surface area contributed by atoms with E-state index in [0.717, 1.165) is 0 Å². The van der Waals surface area contributed by atoms with Crippen molar-refractivity contribution >= 4 is 17.7 Å². The molecule has 0 atom stereocenters. The first-order chi connectivity index (χ1) is 9.77. The van der Waals surface area contributed by atoms with Crippen LogP contribution in [-0.4, -0.2) is 42.0 Å². The molecule has 0 spiro atoms. The average Bonchev–Trinajstić information content (AvgIpc) is 2.43. The molecule has 0 saturated heterocycles. The Morgan fingerprint density at radius 1 is 1.14 bits per heavy atom. The van der Waals surface area contributed by atoms with E-state index in [2.05, 4.69) is 4.74 Å². The molecule has 0 fully saturated rings. The lowest BCUT2D eigenvalue weighted by atomic mass is 10.1. The van der Waals surface area contributed by atoms with Crippen LogP contribution in [0.15, 0.2) is 30.3 Å². The van der Waals surface area contributed by atoms with Crippen molar-refractivity contribution in [1.29, 1.82) is 0 Å². The molecule has 0 aliphatic rings. The molecule has 0 aliphatic heterocycles. The first kappa shape index (κ1) is 16.7. The van der Waals surface area contributed by atoms with Crippen molar-refractivity contribution in [2.45, 2.75) is 13.2 Å². The van der Waals surface area contributed by atoms with E-state index in [1.54, 1.807) is 6.07 Å². The second-order valence-corrected chi connectivity index (χ2v) is 3.86. The number of carbonyl (C=O) groups excluding carboxylic acids is 3. The Morgan fingerprint density at radius 3 is 2.19 bits per heavy atom. The van der Waals surface area contributed by atoms with Gasteiger partial charge in [0.05, 0.1) is 6.61 Å². The van der Waals surface area contributed by atoms with Crippen LogP contribution in [0.5, 0.6) is 0 Å². The maximum atomic E-state index is 12.8. The first-order valence-corrected chi connectivity index (χ1v) is 5.91. The van der Waals surface area contributed by atoms with E-state index in [9.17, 15) is 27.6 Å². The van der Waals surface area contributed by atoms with Crippen LogP contribution in [0.4, 0.5) is 13.2 Å². The number of ketones is 1. The smallest absolute Gasteiger partial charge is 0.465 e. The minimum Gasteiger partial charge on any atom is -0.465 e. The second kappa shape index (κ2) is 6.87. The van der Waals surface area contributed by atoms with Crippen LogP contribution in [0, 0.1) is 0 Å². The van der Waals surface area contributed by atoms with Crippen LogP contribution in [0.1, 0.15) is 17.3 Å². The molecule has 0 unspecified atom stereocenters. The lowest BCUT2D eigenvalue weighted by Crippen LogP contribution is -2.49. The molecule has 8 heteroatoms. The number of benzene rings is 1. The third-order valence-electron chi connectivity index (χ3n) is 2.37. The fraction of sp³-hybridized carbons (Fsp3) is 0.308. The highest BCUT2D eigenvalue weighted by molar-refractivity contribution is 6.42. The Hall–Kier alpha value is -2.38. The number of nitrogens with zero attached hydrogens (tertiary/aromatic N) is 1. The van der Waals surface area contributed by atoms with Crippen LogP contribution in [-0.2, 0) is 14.3 Å². The summed E-state index contributed by atoms with van der Waals surface area (Å²) in [7, 11) is 0. The summed E-state index contributed by atoms with van der Waals surface area (Å²) in [6.07, 6.45) is -5.16. The highest BCUT2D eigenvalue weighted by atomic mass is 19.4. The predicted octanol–water partition coefficient (Wildman–Crippen LogP) is 1.78.